The third kappa shape index (κ3) is 4.75. The van der Waals surface area contributed by atoms with Gasteiger partial charge in [0.05, 0.1) is 23.3 Å². The molecule has 55 heavy (non-hydrogen) atoms. The third-order valence-corrected chi connectivity index (χ3v) is 11.3. The van der Waals surface area contributed by atoms with Crippen molar-refractivity contribution in [2.75, 3.05) is 4.90 Å². The van der Waals surface area contributed by atoms with Gasteiger partial charge < -0.3 is 9.47 Å². The van der Waals surface area contributed by atoms with Crippen molar-refractivity contribution in [2.45, 2.75) is 5.41 Å². The lowest BCUT2D eigenvalue weighted by atomic mass is 9.67. The molecule has 0 radical (unpaired) electrons. The molecule has 0 saturated carbocycles. The number of anilines is 3. The Hall–Kier alpha value is -7.16. The summed E-state index contributed by atoms with van der Waals surface area (Å²) in [5.74, 6) is 0. The molecular formula is C53H36N2. The standard InChI is InChI=1S/C53H36N2/c1-4-18-39(19-5-1)53(40-29-32-47-46-25-13-15-27-51(46)55(52(47)35-40)42-22-8-3-9-23-42)49-26-14-12-24-45(49)48-36-44(31-33-50(48)53)54(41-20-6-2-7-21-41)43-30-28-37-16-10-11-17-38(37)34-43/h1-36H/i1D,4D,5D,18D,19D. The van der Waals surface area contributed by atoms with E-state index in [2.05, 4.69) is 143 Å². The maximum atomic E-state index is 9.60. The highest BCUT2D eigenvalue weighted by molar-refractivity contribution is 6.09. The zero-order chi connectivity index (χ0) is 40.7. The Morgan fingerprint density at radius 3 is 1.93 bits per heavy atom. The summed E-state index contributed by atoms with van der Waals surface area (Å²) in [7, 11) is 0. The van der Waals surface area contributed by atoms with E-state index < -0.39 is 11.5 Å². The van der Waals surface area contributed by atoms with E-state index in [1.807, 2.05) is 54.6 Å². The fourth-order valence-electron chi connectivity index (χ4n) is 8.97. The summed E-state index contributed by atoms with van der Waals surface area (Å²) in [6.07, 6.45) is 0. The summed E-state index contributed by atoms with van der Waals surface area (Å²) in [6, 6.07) is 63.2. The van der Waals surface area contributed by atoms with Crippen LogP contribution in [0.2, 0.25) is 0 Å². The Bertz CT molecular complexity index is 3310. The number of fused-ring (bicyclic) bond motifs is 7. The van der Waals surface area contributed by atoms with Crippen LogP contribution in [-0.4, -0.2) is 4.57 Å². The lowest BCUT2D eigenvalue weighted by Crippen LogP contribution is -2.28. The highest BCUT2D eigenvalue weighted by Gasteiger charge is 2.46. The molecule has 0 fully saturated rings. The first-order chi connectivity index (χ1) is 29.4. The van der Waals surface area contributed by atoms with E-state index in [0.29, 0.717) is 0 Å². The van der Waals surface area contributed by atoms with Crippen LogP contribution >= 0.6 is 0 Å². The van der Waals surface area contributed by atoms with Gasteiger partial charge in [-0.1, -0.05) is 158 Å². The van der Waals surface area contributed by atoms with Gasteiger partial charge in [0, 0.05) is 33.5 Å². The summed E-state index contributed by atoms with van der Waals surface area (Å²) < 4.78 is 48.1. The number of benzene rings is 9. The smallest absolute Gasteiger partial charge is 0.0714 e. The molecule has 0 spiro atoms. The molecule has 1 aromatic heterocycles. The molecule has 2 heteroatoms. The molecule has 1 aliphatic rings. The van der Waals surface area contributed by atoms with Gasteiger partial charge in [0.25, 0.3) is 0 Å². The molecule has 1 atom stereocenters. The summed E-state index contributed by atoms with van der Waals surface area (Å²) in [4.78, 5) is 2.25. The van der Waals surface area contributed by atoms with E-state index in [0.717, 1.165) is 83.1 Å². The van der Waals surface area contributed by atoms with E-state index >= 15 is 0 Å². The Morgan fingerprint density at radius 2 is 1.07 bits per heavy atom. The molecular weight excluding hydrogens is 665 g/mol. The first-order valence-electron chi connectivity index (χ1n) is 21.1. The topological polar surface area (TPSA) is 8.17 Å². The van der Waals surface area contributed by atoms with Gasteiger partial charge in [0.2, 0.25) is 0 Å². The lowest BCUT2D eigenvalue weighted by molar-refractivity contribution is 0.769. The average Bonchev–Trinajstić information content (AvgIpc) is 3.78. The van der Waals surface area contributed by atoms with Crippen molar-refractivity contribution in [1.82, 2.24) is 4.57 Å². The van der Waals surface area contributed by atoms with Gasteiger partial charge in [-0.2, -0.15) is 0 Å². The van der Waals surface area contributed by atoms with Crippen LogP contribution in [0.4, 0.5) is 17.1 Å². The first kappa shape index (κ1) is 26.6. The van der Waals surface area contributed by atoms with Gasteiger partial charge in [0.1, 0.15) is 0 Å². The molecule has 0 amide bonds. The minimum atomic E-state index is -1.29. The Morgan fingerprint density at radius 1 is 0.418 bits per heavy atom. The predicted molar refractivity (Wildman–Crippen MR) is 230 cm³/mol. The zero-order valence-electron chi connectivity index (χ0n) is 34.8. The summed E-state index contributed by atoms with van der Waals surface area (Å²) in [5, 5.41) is 4.45. The largest absolute Gasteiger partial charge is 0.310 e. The van der Waals surface area contributed by atoms with Crippen LogP contribution in [0.15, 0.2) is 218 Å². The molecule has 258 valence electrons. The van der Waals surface area contributed by atoms with Crippen LogP contribution in [0.1, 0.15) is 29.1 Å². The monoisotopic (exact) mass is 705 g/mol. The van der Waals surface area contributed by atoms with Crippen LogP contribution in [-0.2, 0) is 5.41 Å². The second-order valence-electron chi connectivity index (χ2n) is 14.1. The number of hydrogen-bond donors (Lipinski definition) is 0. The molecule has 0 saturated heterocycles. The van der Waals surface area contributed by atoms with Gasteiger partial charge in [-0.15, -0.1) is 0 Å². The lowest BCUT2D eigenvalue weighted by Gasteiger charge is -2.34. The summed E-state index contributed by atoms with van der Waals surface area (Å²) in [6.45, 7) is 0. The van der Waals surface area contributed by atoms with Crippen molar-refractivity contribution in [2.24, 2.45) is 0 Å². The van der Waals surface area contributed by atoms with Crippen LogP contribution in [0, 0.1) is 0 Å². The quantitative estimate of drug-likeness (QED) is 0.167. The summed E-state index contributed by atoms with van der Waals surface area (Å²) >= 11 is 0. The zero-order valence-corrected chi connectivity index (χ0v) is 29.8. The van der Waals surface area contributed by atoms with Crippen molar-refractivity contribution in [3.8, 4) is 16.8 Å². The molecule has 9 aromatic carbocycles. The Kier molecular flexibility index (Phi) is 6.03. The maximum absolute atomic E-state index is 9.60. The third-order valence-electron chi connectivity index (χ3n) is 11.3. The van der Waals surface area contributed by atoms with Crippen molar-refractivity contribution in [3.05, 3.63) is 241 Å². The van der Waals surface area contributed by atoms with Gasteiger partial charge in [-0.3, -0.25) is 0 Å². The van der Waals surface area contributed by atoms with Crippen molar-refractivity contribution < 1.29 is 6.85 Å². The number of hydrogen-bond acceptors (Lipinski definition) is 1. The van der Waals surface area contributed by atoms with E-state index in [1.54, 1.807) is 0 Å². The molecule has 1 aliphatic carbocycles. The van der Waals surface area contributed by atoms with Crippen LogP contribution in [0.3, 0.4) is 0 Å². The molecule has 0 N–H and O–H groups in total. The van der Waals surface area contributed by atoms with Crippen LogP contribution in [0.25, 0.3) is 49.4 Å². The molecule has 10 aromatic rings. The van der Waals surface area contributed by atoms with Crippen molar-refractivity contribution >= 4 is 49.6 Å². The number of aromatic nitrogens is 1. The second-order valence-corrected chi connectivity index (χ2v) is 14.1. The van der Waals surface area contributed by atoms with Gasteiger partial charge in [0.15, 0.2) is 0 Å². The maximum Gasteiger partial charge on any atom is 0.0714 e. The number of para-hydroxylation sites is 3. The number of rotatable bonds is 6. The van der Waals surface area contributed by atoms with Crippen molar-refractivity contribution in [3.63, 3.8) is 0 Å². The highest BCUT2D eigenvalue weighted by atomic mass is 15.1. The average molecular weight is 706 g/mol. The first-order valence-corrected chi connectivity index (χ1v) is 18.6. The van der Waals surface area contributed by atoms with Crippen LogP contribution in [0.5, 0.6) is 0 Å². The van der Waals surface area contributed by atoms with E-state index in [-0.39, 0.29) is 29.7 Å². The van der Waals surface area contributed by atoms with Gasteiger partial charge in [-0.05, 0) is 105 Å². The van der Waals surface area contributed by atoms with Gasteiger partial charge in [-0.25, -0.2) is 0 Å². The molecule has 0 bridgehead atoms. The Balaban J connectivity index is 1.24. The fraction of sp³-hybridized carbons (Fsp3) is 0.0189. The van der Waals surface area contributed by atoms with E-state index in [4.69, 9.17) is 4.11 Å². The van der Waals surface area contributed by atoms with E-state index in [1.165, 1.54) is 0 Å². The normalized spacial score (nSPS) is 15.9. The number of nitrogens with zero attached hydrogens (tertiary/aromatic N) is 2. The SMILES string of the molecule is [2H]c1c([2H])c([2H])c(C2(c3ccc4c5ccccc5n(-c5ccccc5)c4c3)c3ccccc3-c3cc(N(c4ccccc4)c4ccc5ccccc5c4)ccc32)c([2H])c1[2H]. The molecule has 2 nitrogen and oxygen atoms in total. The summed E-state index contributed by atoms with van der Waals surface area (Å²) in [5.41, 5.74) is 9.27. The van der Waals surface area contributed by atoms with Gasteiger partial charge >= 0.3 is 0 Å². The molecule has 11 rings (SSSR count). The minimum absolute atomic E-state index is 0.224. The van der Waals surface area contributed by atoms with Crippen molar-refractivity contribution in [1.29, 1.82) is 0 Å². The molecule has 0 aliphatic heterocycles. The van der Waals surface area contributed by atoms with Crippen LogP contribution < -0.4 is 4.90 Å². The molecule has 1 heterocycles. The van der Waals surface area contributed by atoms with E-state index in [9.17, 15) is 2.74 Å². The predicted octanol–water partition coefficient (Wildman–Crippen LogP) is 13.8. The highest BCUT2D eigenvalue weighted by Crippen LogP contribution is 2.57. The second kappa shape index (κ2) is 12.5. The fourth-order valence-corrected chi connectivity index (χ4v) is 8.97. The Labute approximate surface area is 327 Å². The minimum Gasteiger partial charge on any atom is -0.310 e. The molecule has 1 unspecified atom stereocenters.